The average molecular weight is 189 g/mol. The molecule has 0 aromatic carbocycles. The van der Waals surface area contributed by atoms with E-state index in [1.165, 1.54) is 0 Å². The van der Waals surface area contributed by atoms with Gasteiger partial charge in [0.05, 0.1) is 19.8 Å². The first kappa shape index (κ1) is 12.2. The minimum absolute atomic E-state index is 0.0533. The van der Waals surface area contributed by atoms with Crippen LogP contribution in [0, 0.1) is 0 Å². The van der Waals surface area contributed by atoms with Crippen LogP contribution in [0.15, 0.2) is 5.11 Å². The van der Waals surface area contributed by atoms with Crippen LogP contribution in [0.2, 0.25) is 0 Å². The molecule has 0 aliphatic carbocycles. The van der Waals surface area contributed by atoms with E-state index < -0.39 is 0 Å². The summed E-state index contributed by atoms with van der Waals surface area (Å²) >= 11 is 0. The molecule has 0 rings (SSSR count). The summed E-state index contributed by atoms with van der Waals surface area (Å²) in [4.78, 5) is 2.59. The normalized spacial score (nSPS) is 9.62. The molecular weight excluding hydrogens is 174 g/mol. The van der Waals surface area contributed by atoms with E-state index in [0.29, 0.717) is 33.0 Å². The van der Waals surface area contributed by atoms with Crippen molar-refractivity contribution in [2.45, 2.75) is 6.42 Å². The SMILES string of the molecule is [N-]=[N+]=NCCOCCCOCCO. The summed E-state index contributed by atoms with van der Waals surface area (Å²) < 4.78 is 10.1. The Balaban J connectivity index is 2.87. The van der Waals surface area contributed by atoms with Gasteiger partial charge in [-0.1, -0.05) is 5.11 Å². The molecule has 0 heterocycles. The van der Waals surface area contributed by atoms with Crippen LogP contribution in [0.25, 0.3) is 10.4 Å². The van der Waals surface area contributed by atoms with E-state index in [1.807, 2.05) is 0 Å². The van der Waals surface area contributed by atoms with Gasteiger partial charge in [0.1, 0.15) is 0 Å². The molecule has 0 aromatic heterocycles. The topological polar surface area (TPSA) is 87.5 Å². The number of aliphatic hydroxyl groups excluding tert-OH is 1. The van der Waals surface area contributed by atoms with Gasteiger partial charge in [-0.3, -0.25) is 0 Å². The Bertz CT molecular complexity index is 148. The average Bonchev–Trinajstić information content (AvgIpc) is 2.16. The molecule has 76 valence electrons. The maximum absolute atomic E-state index is 8.36. The van der Waals surface area contributed by atoms with E-state index in [0.717, 1.165) is 6.42 Å². The van der Waals surface area contributed by atoms with Crippen molar-refractivity contribution in [2.75, 3.05) is 39.6 Å². The molecule has 0 unspecified atom stereocenters. The van der Waals surface area contributed by atoms with Gasteiger partial charge in [0, 0.05) is 24.7 Å². The van der Waals surface area contributed by atoms with Crippen LogP contribution in [-0.4, -0.2) is 44.7 Å². The van der Waals surface area contributed by atoms with E-state index in [2.05, 4.69) is 10.0 Å². The number of hydrogen-bond acceptors (Lipinski definition) is 4. The molecule has 0 radical (unpaired) electrons. The van der Waals surface area contributed by atoms with Crippen LogP contribution < -0.4 is 0 Å². The van der Waals surface area contributed by atoms with Gasteiger partial charge in [0.15, 0.2) is 0 Å². The zero-order valence-corrected chi connectivity index (χ0v) is 7.56. The number of hydrogen-bond donors (Lipinski definition) is 1. The Morgan fingerprint density at radius 2 is 1.85 bits per heavy atom. The number of azide groups is 1. The lowest BCUT2D eigenvalue weighted by molar-refractivity contribution is 0.0656. The minimum atomic E-state index is 0.0533. The van der Waals surface area contributed by atoms with Gasteiger partial charge in [0.2, 0.25) is 0 Å². The first-order valence-electron chi connectivity index (χ1n) is 4.19. The maximum Gasteiger partial charge on any atom is 0.0697 e. The first-order chi connectivity index (χ1) is 6.41. The number of aliphatic hydroxyl groups is 1. The van der Waals surface area contributed by atoms with Crippen LogP contribution in [0.5, 0.6) is 0 Å². The zero-order valence-electron chi connectivity index (χ0n) is 7.56. The molecule has 0 amide bonds. The number of nitrogens with zero attached hydrogens (tertiary/aromatic N) is 3. The smallest absolute Gasteiger partial charge is 0.0697 e. The fraction of sp³-hybridized carbons (Fsp3) is 1.00. The Kier molecular flexibility index (Phi) is 10.5. The van der Waals surface area contributed by atoms with Crippen molar-refractivity contribution < 1.29 is 14.6 Å². The van der Waals surface area contributed by atoms with Gasteiger partial charge in [-0.25, -0.2) is 0 Å². The second-order valence-electron chi connectivity index (χ2n) is 2.26. The van der Waals surface area contributed by atoms with Gasteiger partial charge in [-0.05, 0) is 12.0 Å². The summed E-state index contributed by atoms with van der Waals surface area (Å²) in [6.45, 7) is 2.42. The van der Waals surface area contributed by atoms with Crippen LogP contribution in [0.3, 0.4) is 0 Å². The highest BCUT2D eigenvalue weighted by molar-refractivity contribution is 4.44. The van der Waals surface area contributed by atoms with Gasteiger partial charge in [-0.2, -0.15) is 0 Å². The summed E-state index contributed by atoms with van der Waals surface area (Å²) in [7, 11) is 0. The number of ether oxygens (including phenoxy) is 2. The molecule has 0 spiro atoms. The van der Waals surface area contributed by atoms with Crippen molar-refractivity contribution in [3.8, 4) is 0 Å². The van der Waals surface area contributed by atoms with E-state index >= 15 is 0 Å². The van der Waals surface area contributed by atoms with Crippen molar-refractivity contribution in [1.29, 1.82) is 0 Å². The first-order valence-corrected chi connectivity index (χ1v) is 4.19. The minimum Gasteiger partial charge on any atom is -0.394 e. The molecule has 13 heavy (non-hydrogen) atoms. The van der Waals surface area contributed by atoms with E-state index in [4.69, 9.17) is 20.1 Å². The lowest BCUT2D eigenvalue weighted by Gasteiger charge is -2.02. The lowest BCUT2D eigenvalue weighted by Crippen LogP contribution is -2.05. The van der Waals surface area contributed by atoms with Crippen LogP contribution in [-0.2, 0) is 9.47 Å². The molecule has 0 saturated carbocycles. The molecule has 0 bridgehead atoms. The van der Waals surface area contributed by atoms with Gasteiger partial charge < -0.3 is 14.6 Å². The highest BCUT2D eigenvalue weighted by Crippen LogP contribution is 1.85. The monoisotopic (exact) mass is 189 g/mol. The molecular formula is C7H15N3O3. The number of rotatable bonds is 9. The Morgan fingerprint density at radius 3 is 2.46 bits per heavy atom. The molecule has 6 heteroatoms. The summed E-state index contributed by atoms with van der Waals surface area (Å²) in [5, 5.41) is 11.7. The summed E-state index contributed by atoms with van der Waals surface area (Å²) in [6, 6.07) is 0. The van der Waals surface area contributed by atoms with Crippen molar-refractivity contribution in [3.05, 3.63) is 10.4 Å². The van der Waals surface area contributed by atoms with E-state index in [9.17, 15) is 0 Å². The Morgan fingerprint density at radius 1 is 1.15 bits per heavy atom. The Labute approximate surface area is 77.1 Å². The fourth-order valence-electron chi connectivity index (χ4n) is 0.682. The largest absolute Gasteiger partial charge is 0.394 e. The Hall–Kier alpha value is -0.810. The zero-order chi connectivity index (χ0) is 9.78. The van der Waals surface area contributed by atoms with Crippen LogP contribution >= 0.6 is 0 Å². The highest BCUT2D eigenvalue weighted by atomic mass is 16.5. The van der Waals surface area contributed by atoms with Gasteiger partial charge in [-0.15, -0.1) is 0 Å². The summed E-state index contributed by atoms with van der Waals surface area (Å²) in [5.74, 6) is 0. The van der Waals surface area contributed by atoms with Gasteiger partial charge in [0.25, 0.3) is 0 Å². The van der Waals surface area contributed by atoms with Crippen LogP contribution in [0.4, 0.5) is 0 Å². The molecule has 0 saturated heterocycles. The molecule has 0 atom stereocenters. The quantitative estimate of drug-likeness (QED) is 0.251. The van der Waals surface area contributed by atoms with Crippen molar-refractivity contribution in [2.24, 2.45) is 5.11 Å². The fourth-order valence-corrected chi connectivity index (χ4v) is 0.682. The molecule has 1 N–H and O–H groups in total. The third-order valence-electron chi connectivity index (χ3n) is 1.21. The van der Waals surface area contributed by atoms with Crippen molar-refractivity contribution in [3.63, 3.8) is 0 Å². The predicted octanol–water partition coefficient (Wildman–Crippen LogP) is 0.712. The van der Waals surface area contributed by atoms with Crippen LogP contribution in [0.1, 0.15) is 6.42 Å². The summed E-state index contributed by atoms with van der Waals surface area (Å²) in [5.41, 5.74) is 7.93. The van der Waals surface area contributed by atoms with Crippen molar-refractivity contribution >= 4 is 0 Å². The summed E-state index contributed by atoms with van der Waals surface area (Å²) in [6.07, 6.45) is 0.788. The van der Waals surface area contributed by atoms with E-state index in [-0.39, 0.29) is 6.61 Å². The third kappa shape index (κ3) is 11.2. The third-order valence-corrected chi connectivity index (χ3v) is 1.21. The standard InChI is InChI=1S/C7H15N3O3/c8-10-9-2-6-12-4-1-5-13-7-3-11/h11H,1-7H2. The maximum atomic E-state index is 8.36. The molecule has 6 nitrogen and oxygen atoms in total. The lowest BCUT2D eigenvalue weighted by atomic mass is 10.5. The molecule has 0 aromatic rings. The van der Waals surface area contributed by atoms with E-state index in [1.54, 1.807) is 0 Å². The molecule has 0 aliphatic heterocycles. The second kappa shape index (κ2) is 11.2. The molecule has 0 aliphatic rings. The van der Waals surface area contributed by atoms with Crippen molar-refractivity contribution in [1.82, 2.24) is 0 Å². The highest BCUT2D eigenvalue weighted by Gasteiger charge is 1.89. The predicted molar refractivity (Wildman–Crippen MR) is 47.4 cm³/mol. The second-order valence-corrected chi connectivity index (χ2v) is 2.26. The molecule has 0 fully saturated rings. The van der Waals surface area contributed by atoms with Gasteiger partial charge >= 0.3 is 0 Å².